The lowest BCUT2D eigenvalue weighted by molar-refractivity contribution is -0.137. The molecule has 0 aliphatic rings. The van der Waals surface area contributed by atoms with E-state index in [0.717, 1.165) is 17.3 Å². The van der Waals surface area contributed by atoms with Gasteiger partial charge >= 0.3 is 6.18 Å². The number of aryl methyl sites for hydroxylation is 1. The summed E-state index contributed by atoms with van der Waals surface area (Å²) in [5.74, 6) is -0.00843. The van der Waals surface area contributed by atoms with E-state index >= 15 is 0 Å². The minimum Gasteiger partial charge on any atom is -0.261 e. The maximum atomic E-state index is 12.7. The lowest BCUT2D eigenvalue weighted by Gasteiger charge is -2.15. The standard InChI is InChI=1S/C16H16F3N/c1-11-5-4-8-20-15(11)9-12(2)13-6-3-7-14(10-13)16(17,18)19/h3-8,10,12H,9H2,1-2H3. The van der Waals surface area contributed by atoms with E-state index in [4.69, 9.17) is 0 Å². The molecule has 2 rings (SSSR count). The van der Waals surface area contributed by atoms with Crippen molar-refractivity contribution in [1.29, 1.82) is 0 Å². The van der Waals surface area contributed by atoms with Gasteiger partial charge in [0.05, 0.1) is 5.56 Å². The molecule has 0 bridgehead atoms. The van der Waals surface area contributed by atoms with E-state index in [2.05, 4.69) is 4.98 Å². The van der Waals surface area contributed by atoms with Gasteiger partial charge in [0.25, 0.3) is 0 Å². The third-order valence-corrected chi connectivity index (χ3v) is 3.40. The van der Waals surface area contributed by atoms with E-state index in [0.29, 0.717) is 12.0 Å². The predicted octanol–water partition coefficient (Wildman–Crippen LogP) is 4.76. The van der Waals surface area contributed by atoms with Crippen molar-refractivity contribution in [2.45, 2.75) is 32.4 Å². The van der Waals surface area contributed by atoms with E-state index in [-0.39, 0.29) is 5.92 Å². The second-order valence-electron chi connectivity index (χ2n) is 5.00. The van der Waals surface area contributed by atoms with Gasteiger partial charge in [-0.15, -0.1) is 0 Å². The highest BCUT2D eigenvalue weighted by Crippen LogP contribution is 2.31. The van der Waals surface area contributed by atoms with Crippen molar-refractivity contribution in [1.82, 2.24) is 4.98 Å². The number of hydrogen-bond acceptors (Lipinski definition) is 1. The van der Waals surface area contributed by atoms with Crippen molar-refractivity contribution in [3.63, 3.8) is 0 Å². The van der Waals surface area contributed by atoms with Gasteiger partial charge in [-0.3, -0.25) is 4.98 Å². The smallest absolute Gasteiger partial charge is 0.261 e. The number of halogens is 3. The quantitative estimate of drug-likeness (QED) is 0.789. The molecule has 0 saturated heterocycles. The zero-order chi connectivity index (χ0) is 14.8. The molecule has 106 valence electrons. The van der Waals surface area contributed by atoms with Gasteiger partial charge in [0.15, 0.2) is 0 Å². The number of aromatic nitrogens is 1. The summed E-state index contributed by atoms with van der Waals surface area (Å²) in [7, 11) is 0. The highest BCUT2D eigenvalue weighted by Gasteiger charge is 2.30. The number of rotatable bonds is 3. The Hall–Kier alpha value is -1.84. The number of alkyl halides is 3. The van der Waals surface area contributed by atoms with Gasteiger partial charge in [-0.1, -0.05) is 31.2 Å². The fourth-order valence-corrected chi connectivity index (χ4v) is 2.16. The Balaban J connectivity index is 2.22. The maximum Gasteiger partial charge on any atom is 0.416 e. The fraction of sp³-hybridized carbons (Fsp3) is 0.312. The Kier molecular flexibility index (Phi) is 4.12. The first-order valence-corrected chi connectivity index (χ1v) is 6.45. The zero-order valence-electron chi connectivity index (χ0n) is 11.4. The number of hydrogen-bond donors (Lipinski definition) is 0. The molecule has 1 atom stereocenters. The van der Waals surface area contributed by atoms with Gasteiger partial charge in [0.1, 0.15) is 0 Å². The van der Waals surface area contributed by atoms with Crippen LogP contribution in [0.2, 0.25) is 0 Å². The molecule has 0 N–H and O–H groups in total. The van der Waals surface area contributed by atoms with Gasteiger partial charge in [-0.2, -0.15) is 13.2 Å². The van der Waals surface area contributed by atoms with E-state index < -0.39 is 11.7 Å². The van der Waals surface area contributed by atoms with Gasteiger partial charge in [-0.05, 0) is 42.5 Å². The second-order valence-corrected chi connectivity index (χ2v) is 5.00. The monoisotopic (exact) mass is 279 g/mol. The summed E-state index contributed by atoms with van der Waals surface area (Å²) >= 11 is 0. The van der Waals surface area contributed by atoms with Crippen LogP contribution in [0.5, 0.6) is 0 Å². The predicted molar refractivity (Wildman–Crippen MR) is 72.5 cm³/mol. The van der Waals surface area contributed by atoms with Gasteiger partial charge in [0, 0.05) is 11.9 Å². The van der Waals surface area contributed by atoms with Crippen molar-refractivity contribution < 1.29 is 13.2 Å². The highest BCUT2D eigenvalue weighted by molar-refractivity contribution is 5.29. The lowest BCUT2D eigenvalue weighted by atomic mass is 9.93. The first-order chi connectivity index (χ1) is 9.38. The molecular formula is C16H16F3N. The average molecular weight is 279 g/mol. The maximum absolute atomic E-state index is 12.7. The summed E-state index contributed by atoms with van der Waals surface area (Å²) in [5.41, 5.74) is 2.08. The van der Waals surface area contributed by atoms with Crippen LogP contribution in [0.4, 0.5) is 13.2 Å². The third-order valence-electron chi connectivity index (χ3n) is 3.40. The Morgan fingerprint density at radius 1 is 1.15 bits per heavy atom. The average Bonchev–Trinajstić information content (AvgIpc) is 2.40. The Bertz CT molecular complexity index is 590. The van der Waals surface area contributed by atoms with Crippen LogP contribution in [0.1, 0.15) is 35.2 Å². The first-order valence-electron chi connectivity index (χ1n) is 6.45. The van der Waals surface area contributed by atoms with E-state index in [1.165, 1.54) is 12.1 Å². The van der Waals surface area contributed by atoms with E-state index in [1.807, 2.05) is 26.0 Å². The summed E-state index contributed by atoms with van der Waals surface area (Å²) in [4.78, 5) is 4.29. The van der Waals surface area contributed by atoms with Crippen LogP contribution >= 0.6 is 0 Å². The first kappa shape index (κ1) is 14.6. The van der Waals surface area contributed by atoms with Crippen LogP contribution < -0.4 is 0 Å². The zero-order valence-corrected chi connectivity index (χ0v) is 11.4. The van der Waals surface area contributed by atoms with Crippen molar-refractivity contribution in [3.8, 4) is 0 Å². The van der Waals surface area contributed by atoms with Crippen molar-refractivity contribution >= 4 is 0 Å². The third kappa shape index (κ3) is 3.38. The molecule has 0 fully saturated rings. The molecule has 1 nitrogen and oxygen atoms in total. The van der Waals surface area contributed by atoms with E-state index in [1.54, 1.807) is 12.3 Å². The van der Waals surface area contributed by atoms with Gasteiger partial charge in [0.2, 0.25) is 0 Å². The van der Waals surface area contributed by atoms with Crippen LogP contribution in [0, 0.1) is 6.92 Å². The molecule has 0 spiro atoms. The van der Waals surface area contributed by atoms with E-state index in [9.17, 15) is 13.2 Å². The second kappa shape index (κ2) is 5.65. The summed E-state index contributed by atoms with van der Waals surface area (Å²) in [6.45, 7) is 3.88. The number of nitrogens with zero attached hydrogens (tertiary/aromatic N) is 1. The van der Waals surface area contributed by atoms with Crippen molar-refractivity contribution in [2.75, 3.05) is 0 Å². The minimum absolute atomic E-state index is 0.00843. The SMILES string of the molecule is Cc1cccnc1CC(C)c1cccc(C(F)(F)F)c1. The number of benzene rings is 1. The molecule has 0 aliphatic heterocycles. The van der Waals surface area contributed by atoms with Gasteiger partial charge in [-0.25, -0.2) is 0 Å². The summed E-state index contributed by atoms with van der Waals surface area (Å²) < 4.78 is 38.1. The molecule has 4 heteroatoms. The summed E-state index contributed by atoms with van der Waals surface area (Å²) in [6.07, 6.45) is -1.95. The molecule has 1 aromatic carbocycles. The lowest BCUT2D eigenvalue weighted by Crippen LogP contribution is -2.07. The molecule has 0 aliphatic carbocycles. The Morgan fingerprint density at radius 2 is 1.90 bits per heavy atom. The molecule has 1 aromatic heterocycles. The molecule has 20 heavy (non-hydrogen) atoms. The minimum atomic E-state index is -4.29. The Morgan fingerprint density at radius 3 is 2.55 bits per heavy atom. The molecule has 2 aromatic rings. The fourth-order valence-electron chi connectivity index (χ4n) is 2.16. The van der Waals surface area contributed by atoms with Crippen LogP contribution in [0.3, 0.4) is 0 Å². The highest BCUT2D eigenvalue weighted by atomic mass is 19.4. The van der Waals surface area contributed by atoms with Crippen LogP contribution in [-0.2, 0) is 12.6 Å². The molecule has 0 amide bonds. The van der Waals surface area contributed by atoms with Crippen LogP contribution in [0.15, 0.2) is 42.6 Å². The summed E-state index contributed by atoms with van der Waals surface area (Å²) in [6, 6.07) is 9.33. The van der Waals surface area contributed by atoms with Crippen LogP contribution in [-0.4, -0.2) is 4.98 Å². The van der Waals surface area contributed by atoms with Crippen molar-refractivity contribution in [2.24, 2.45) is 0 Å². The normalized spacial score (nSPS) is 13.2. The topological polar surface area (TPSA) is 12.9 Å². The number of pyridine rings is 1. The molecular weight excluding hydrogens is 263 g/mol. The largest absolute Gasteiger partial charge is 0.416 e. The van der Waals surface area contributed by atoms with Gasteiger partial charge < -0.3 is 0 Å². The molecule has 1 heterocycles. The van der Waals surface area contributed by atoms with Crippen molar-refractivity contribution in [3.05, 3.63) is 65.0 Å². The van der Waals surface area contributed by atoms with Crippen LogP contribution in [0.25, 0.3) is 0 Å². The molecule has 1 unspecified atom stereocenters. The molecule has 0 saturated carbocycles. The molecule has 0 radical (unpaired) electrons. The Labute approximate surface area is 116 Å². The summed E-state index contributed by atoms with van der Waals surface area (Å²) in [5, 5.41) is 0.